The van der Waals surface area contributed by atoms with Crippen molar-refractivity contribution in [3.8, 4) is 0 Å². The van der Waals surface area contributed by atoms with Gasteiger partial charge >= 0.3 is 0 Å². The van der Waals surface area contributed by atoms with Crippen LogP contribution in [0.25, 0.3) is 12.2 Å². The fraction of sp³-hybridized carbons (Fsp3) is 0.161. The van der Waals surface area contributed by atoms with E-state index >= 15 is 0 Å². The zero-order valence-electron chi connectivity index (χ0n) is 20.3. The number of nitrogens with zero attached hydrogens (tertiary/aromatic N) is 1. The van der Waals surface area contributed by atoms with Crippen molar-refractivity contribution in [2.45, 2.75) is 33.1 Å². The molecule has 164 valence electrons. The molecule has 0 heterocycles. The normalized spacial score (nSPS) is 11.6. The zero-order chi connectivity index (χ0) is 23.4. The molecule has 1 nitrogen and oxygen atoms in total. The van der Waals surface area contributed by atoms with Crippen molar-refractivity contribution < 1.29 is 0 Å². The van der Waals surface area contributed by atoms with Crippen LogP contribution in [-0.4, -0.2) is 7.85 Å². The van der Waals surface area contributed by atoms with Crippen LogP contribution in [0.1, 0.15) is 43.0 Å². The molecule has 0 unspecified atom stereocenters. The van der Waals surface area contributed by atoms with E-state index in [-0.39, 0.29) is 5.41 Å². The Bertz CT molecular complexity index is 1210. The van der Waals surface area contributed by atoms with Crippen molar-refractivity contribution in [1.82, 2.24) is 0 Å². The van der Waals surface area contributed by atoms with E-state index < -0.39 is 0 Å². The number of anilines is 3. The first-order valence-electron chi connectivity index (χ1n) is 11.6. The molecule has 0 bridgehead atoms. The van der Waals surface area contributed by atoms with Crippen molar-refractivity contribution in [2.75, 3.05) is 4.90 Å². The van der Waals surface area contributed by atoms with E-state index in [0.717, 1.165) is 17.1 Å². The van der Waals surface area contributed by atoms with E-state index in [0.29, 0.717) is 0 Å². The standard InChI is InChI=1S/C31H32BN/c1-23-5-17-28(18-6-23)33(30-21-13-26(14-22-30)31(2,3)4)29-19-11-25(12-20-29)8-7-24-9-15-27(32)16-10-24/h5-22H,32H2,1-4H3/b8-7+. The quantitative estimate of drug-likeness (QED) is 0.240. The summed E-state index contributed by atoms with van der Waals surface area (Å²) in [6.45, 7) is 8.88. The van der Waals surface area contributed by atoms with Crippen molar-refractivity contribution >= 4 is 42.5 Å². The highest BCUT2D eigenvalue weighted by atomic mass is 15.1. The summed E-state index contributed by atoms with van der Waals surface area (Å²) in [5.41, 5.74) is 9.89. The highest BCUT2D eigenvalue weighted by Gasteiger charge is 2.16. The summed E-state index contributed by atoms with van der Waals surface area (Å²) in [5.74, 6) is 0. The van der Waals surface area contributed by atoms with Crippen molar-refractivity contribution in [3.63, 3.8) is 0 Å². The summed E-state index contributed by atoms with van der Waals surface area (Å²) >= 11 is 0. The van der Waals surface area contributed by atoms with Crippen LogP contribution >= 0.6 is 0 Å². The predicted octanol–water partition coefficient (Wildman–Crippen LogP) is 7.19. The third kappa shape index (κ3) is 5.65. The van der Waals surface area contributed by atoms with Crippen LogP contribution < -0.4 is 10.4 Å². The van der Waals surface area contributed by atoms with Gasteiger partial charge in [0.05, 0.1) is 0 Å². The Morgan fingerprint density at radius 2 is 0.970 bits per heavy atom. The molecule has 4 aromatic carbocycles. The number of rotatable bonds is 5. The Hall–Kier alpha value is -3.52. The summed E-state index contributed by atoms with van der Waals surface area (Å²) in [7, 11) is 2.11. The lowest BCUT2D eigenvalue weighted by atomic mass is 9.87. The number of aryl methyl sites for hydroxylation is 1. The molecule has 0 aliphatic heterocycles. The highest BCUT2D eigenvalue weighted by Crippen LogP contribution is 2.36. The molecule has 0 atom stereocenters. The van der Waals surface area contributed by atoms with Gasteiger partial charge in [0.15, 0.2) is 0 Å². The fourth-order valence-corrected chi connectivity index (χ4v) is 3.86. The highest BCUT2D eigenvalue weighted by molar-refractivity contribution is 6.32. The topological polar surface area (TPSA) is 3.24 Å². The third-order valence-electron chi connectivity index (χ3n) is 5.98. The molecule has 0 saturated heterocycles. The second kappa shape index (κ2) is 9.54. The lowest BCUT2D eigenvalue weighted by Gasteiger charge is -2.27. The first-order chi connectivity index (χ1) is 15.8. The van der Waals surface area contributed by atoms with Gasteiger partial charge in [-0.25, -0.2) is 0 Å². The second-order valence-corrected chi connectivity index (χ2v) is 9.80. The van der Waals surface area contributed by atoms with E-state index in [1.165, 1.54) is 27.7 Å². The van der Waals surface area contributed by atoms with Crippen molar-refractivity contribution in [2.24, 2.45) is 0 Å². The molecular formula is C31H32BN. The van der Waals surface area contributed by atoms with Crippen LogP contribution in [0.2, 0.25) is 0 Å². The molecule has 0 aromatic heterocycles. The third-order valence-corrected chi connectivity index (χ3v) is 5.98. The molecule has 33 heavy (non-hydrogen) atoms. The average Bonchev–Trinajstić information content (AvgIpc) is 2.81. The molecule has 0 aliphatic rings. The van der Waals surface area contributed by atoms with Crippen LogP contribution in [-0.2, 0) is 5.41 Å². The smallest absolute Gasteiger partial charge is 0.139 e. The van der Waals surface area contributed by atoms with Crippen LogP contribution in [0.5, 0.6) is 0 Å². The minimum absolute atomic E-state index is 0.138. The Morgan fingerprint density at radius 1 is 0.576 bits per heavy atom. The van der Waals surface area contributed by atoms with E-state index in [1.54, 1.807) is 0 Å². The van der Waals surface area contributed by atoms with E-state index in [2.05, 4.69) is 150 Å². The molecule has 0 N–H and O–H groups in total. The molecule has 0 spiro atoms. The molecular weight excluding hydrogens is 397 g/mol. The average molecular weight is 429 g/mol. The number of benzene rings is 4. The summed E-state index contributed by atoms with van der Waals surface area (Å²) < 4.78 is 0. The minimum Gasteiger partial charge on any atom is -0.311 e. The van der Waals surface area contributed by atoms with Gasteiger partial charge in [0.1, 0.15) is 7.85 Å². The predicted molar refractivity (Wildman–Crippen MR) is 148 cm³/mol. The van der Waals surface area contributed by atoms with Gasteiger partial charge in [0.2, 0.25) is 0 Å². The monoisotopic (exact) mass is 429 g/mol. The van der Waals surface area contributed by atoms with E-state index in [1.807, 2.05) is 0 Å². The Balaban J connectivity index is 1.65. The van der Waals surface area contributed by atoms with Crippen molar-refractivity contribution in [1.29, 1.82) is 0 Å². The molecule has 0 fully saturated rings. The molecule has 0 saturated carbocycles. The zero-order valence-corrected chi connectivity index (χ0v) is 20.3. The van der Waals surface area contributed by atoms with Crippen molar-refractivity contribution in [3.05, 3.63) is 119 Å². The number of hydrogen-bond donors (Lipinski definition) is 0. The fourth-order valence-electron chi connectivity index (χ4n) is 3.86. The van der Waals surface area contributed by atoms with Gasteiger partial charge in [0, 0.05) is 17.1 Å². The maximum absolute atomic E-state index is 2.32. The largest absolute Gasteiger partial charge is 0.311 e. The number of hydrogen-bond acceptors (Lipinski definition) is 1. The van der Waals surface area contributed by atoms with Gasteiger partial charge in [-0.3, -0.25) is 0 Å². The van der Waals surface area contributed by atoms with Crippen LogP contribution in [0.4, 0.5) is 17.1 Å². The summed E-state index contributed by atoms with van der Waals surface area (Å²) in [6, 6.07) is 35.0. The second-order valence-electron chi connectivity index (χ2n) is 9.80. The first kappa shape index (κ1) is 22.7. The SMILES string of the molecule is Bc1ccc(/C=C/c2ccc(N(c3ccc(C)cc3)c3ccc(C(C)(C)C)cc3)cc2)cc1. The van der Waals surface area contributed by atoms with Crippen LogP contribution in [0.15, 0.2) is 97.1 Å². The summed E-state index contributed by atoms with van der Waals surface area (Å²) in [4.78, 5) is 2.32. The van der Waals surface area contributed by atoms with Gasteiger partial charge in [-0.15, -0.1) is 0 Å². The molecule has 2 heteroatoms. The lowest BCUT2D eigenvalue weighted by molar-refractivity contribution is 0.590. The van der Waals surface area contributed by atoms with Gasteiger partial charge < -0.3 is 4.90 Å². The van der Waals surface area contributed by atoms with Gasteiger partial charge in [-0.05, 0) is 65.4 Å². The molecule has 4 rings (SSSR count). The Kier molecular flexibility index (Phi) is 6.56. The summed E-state index contributed by atoms with van der Waals surface area (Å²) in [5, 5.41) is 0. The first-order valence-corrected chi connectivity index (χ1v) is 11.6. The van der Waals surface area contributed by atoms with Crippen LogP contribution in [0, 0.1) is 6.92 Å². The van der Waals surface area contributed by atoms with Gasteiger partial charge in [-0.1, -0.05) is 105 Å². The Morgan fingerprint density at radius 3 is 1.42 bits per heavy atom. The van der Waals surface area contributed by atoms with Crippen LogP contribution in [0.3, 0.4) is 0 Å². The molecule has 0 amide bonds. The summed E-state index contributed by atoms with van der Waals surface area (Å²) in [6.07, 6.45) is 4.33. The maximum atomic E-state index is 2.32. The molecule has 4 aromatic rings. The van der Waals surface area contributed by atoms with Gasteiger partial charge in [-0.2, -0.15) is 0 Å². The van der Waals surface area contributed by atoms with Gasteiger partial charge in [0.25, 0.3) is 0 Å². The Labute approximate surface area is 199 Å². The van der Waals surface area contributed by atoms with E-state index in [4.69, 9.17) is 0 Å². The van der Waals surface area contributed by atoms with E-state index in [9.17, 15) is 0 Å². The molecule has 0 aliphatic carbocycles. The minimum atomic E-state index is 0.138. The lowest BCUT2D eigenvalue weighted by Crippen LogP contribution is -2.13. The molecule has 0 radical (unpaired) electrons. The maximum Gasteiger partial charge on any atom is 0.139 e.